The molecule has 0 saturated carbocycles. The van der Waals surface area contributed by atoms with E-state index in [9.17, 15) is 17.6 Å². The van der Waals surface area contributed by atoms with Crippen molar-refractivity contribution in [3.8, 4) is 11.5 Å². The van der Waals surface area contributed by atoms with E-state index >= 15 is 0 Å². The van der Waals surface area contributed by atoms with E-state index in [4.69, 9.17) is 9.47 Å². The van der Waals surface area contributed by atoms with Gasteiger partial charge in [0, 0.05) is 23.1 Å². The van der Waals surface area contributed by atoms with Crippen molar-refractivity contribution in [1.29, 1.82) is 0 Å². The number of nitrogens with one attached hydrogen (secondary N) is 1. The molecule has 3 aromatic rings. The van der Waals surface area contributed by atoms with E-state index in [2.05, 4.69) is 27.2 Å². The zero-order valence-corrected chi connectivity index (χ0v) is 21.8. The van der Waals surface area contributed by atoms with Crippen LogP contribution in [0.2, 0.25) is 0 Å². The fourth-order valence-corrected chi connectivity index (χ4v) is 5.13. The number of nitrogens with zero attached hydrogens (tertiary/aromatic N) is 3. The van der Waals surface area contributed by atoms with Gasteiger partial charge in [-0.3, -0.25) is 4.90 Å². The van der Waals surface area contributed by atoms with E-state index in [1.807, 2.05) is 13.8 Å². The summed E-state index contributed by atoms with van der Waals surface area (Å²) in [6, 6.07) is 6.17. The van der Waals surface area contributed by atoms with Crippen LogP contribution in [0, 0.1) is 12.7 Å². The molecule has 0 amide bonds. The van der Waals surface area contributed by atoms with Crippen LogP contribution in [-0.2, 0) is 6.18 Å². The van der Waals surface area contributed by atoms with Crippen molar-refractivity contribution in [1.82, 2.24) is 14.9 Å². The Morgan fingerprint density at radius 2 is 1.86 bits per heavy atom. The highest BCUT2D eigenvalue weighted by Crippen LogP contribution is 2.40. The Labute approximate surface area is 214 Å². The smallest absolute Gasteiger partial charge is 0.419 e. The topological polar surface area (TPSA) is 59.5 Å². The predicted octanol–water partition coefficient (Wildman–Crippen LogP) is 6.53. The van der Waals surface area contributed by atoms with Crippen molar-refractivity contribution in [2.24, 2.45) is 0 Å². The summed E-state index contributed by atoms with van der Waals surface area (Å²) in [6.45, 7) is 8.36. The molecule has 6 nitrogen and oxygen atoms in total. The number of hydrogen-bond donors (Lipinski definition) is 1. The number of anilines is 1. The number of halogens is 4. The van der Waals surface area contributed by atoms with Crippen molar-refractivity contribution in [3.05, 3.63) is 53.1 Å². The maximum Gasteiger partial charge on any atom is 0.419 e. The van der Waals surface area contributed by atoms with Gasteiger partial charge in [0.15, 0.2) is 11.5 Å². The van der Waals surface area contributed by atoms with Crippen LogP contribution >= 0.6 is 0 Å². The van der Waals surface area contributed by atoms with Gasteiger partial charge in [-0.05, 0) is 66.3 Å². The van der Waals surface area contributed by atoms with Gasteiger partial charge in [0.05, 0.1) is 24.2 Å². The monoisotopic (exact) mass is 520 g/mol. The largest absolute Gasteiger partial charge is 0.493 e. The van der Waals surface area contributed by atoms with Crippen molar-refractivity contribution in [3.63, 3.8) is 0 Å². The standard InChI is InChI=1S/C27H32F4N4O2/c1-15(17-9-7-10-19(24(17)28)27(29,30)31)32-25-18-13-22(21(36-6)14-20(18)33-16(2)34-25)37-26(3,4)23-11-8-12-35(23)5/h7,9-10,13-15,23H,8,11-12H2,1-6H3,(H,32,33,34)/t15-,23+/m1/s1. The van der Waals surface area contributed by atoms with Crippen molar-refractivity contribution >= 4 is 16.7 Å². The molecule has 1 N–H and O–H groups in total. The van der Waals surface area contributed by atoms with Gasteiger partial charge in [0.1, 0.15) is 23.1 Å². The fraction of sp³-hybridized carbons (Fsp3) is 0.481. The third kappa shape index (κ3) is 5.44. The summed E-state index contributed by atoms with van der Waals surface area (Å²) >= 11 is 0. The average molecular weight is 521 g/mol. The molecule has 2 heterocycles. The third-order valence-corrected chi connectivity index (χ3v) is 6.94. The molecule has 0 radical (unpaired) electrons. The minimum absolute atomic E-state index is 0.116. The van der Waals surface area contributed by atoms with Crippen LogP contribution < -0.4 is 14.8 Å². The number of hydrogen-bond acceptors (Lipinski definition) is 6. The molecule has 0 spiro atoms. The number of likely N-dealkylation sites (N-methyl/N-ethyl adjacent to an activating group) is 1. The lowest BCUT2D eigenvalue weighted by molar-refractivity contribution is -0.140. The Hall–Kier alpha value is -3.14. The second kappa shape index (κ2) is 9.96. The van der Waals surface area contributed by atoms with Crippen LogP contribution in [0.4, 0.5) is 23.4 Å². The van der Waals surface area contributed by atoms with Gasteiger partial charge in [-0.25, -0.2) is 14.4 Å². The molecule has 200 valence electrons. The first-order valence-electron chi connectivity index (χ1n) is 12.2. The first kappa shape index (κ1) is 26.9. The SMILES string of the molecule is COc1cc2nc(C)nc(N[C@H](C)c3cccc(C(F)(F)F)c3F)c2cc1OC(C)(C)[C@@H]1CCCN1C. The van der Waals surface area contributed by atoms with Gasteiger partial charge in [-0.1, -0.05) is 12.1 Å². The Bertz CT molecular complexity index is 1300. The van der Waals surface area contributed by atoms with E-state index in [0.29, 0.717) is 34.0 Å². The van der Waals surface area contributed by atoms with Crippen LogP contribution in [0.3, 0.4) is 0 Å². The molecule has 1 saturated heterocycles. The lowest BCUT2D eigenvalue weighted by atomic mass is 9.96. The van der Waals surface area contributed by atoms with Gasteiger partial charge in [0.2, 0.25) is 0 Å². The minimum Gasteiger partial charge on any atom is -0.493 e. The summed E-state index contributed by atoms with van der Waals surface area (Å²) in [5, 5.41) is 3.67. The fourth-order valence-electron chi connectivity index (χ4n) is 5.13. The molecule has 4 rings (SSSR count). The summed E-state index contributed by atoms with van der Waals surface area (Å²) in [7, 11) is 3.63. The van der Waals surface area contributed by atoms with E-state index in [1.165, 1.54) is 12.1 Å². The second-order valence-electron chi connectivity index (χ2n) is 10.1. The van der Waals surface area contributed by atoms with Crippen molar-refractivity contribution < 1.29 is 27.0 Å². The number of ether oxygens (including phenoxy) is 2. The highest BCUT2D eigenvalue weighted by molar-refractivity contribution is 5.92. The van der Waals surface area contributed by atoms with Crippen LogP contribution in [0.15, 0.2) is 30.3 Å². The van der Waals surface area contributed by atoms with E-state index in [-0.39, 0.29) is 11.6 Å². The number of fused-ring (bicyclic) bond motifs is 1. The van der Waals surface area contributed by atoms with Crippen LogP contribution in [0.5, 0.6) is 11.5 Å². The third-order valence-electron chi connectivity index (χ3n) is 6.94. The average Bonchev–Trinajstić information content (AvgIpc) is 3.25. The summed E-state index contributed by atoms with van der Waals surface area (Å²) in [5.41, 5.74) is -1.39. The predicted molar refractivity (Wildman–Crippen MR) is 135 cm³/mol. The van der Waals surface area contributed by atoms with Gasteiger partial charge < -0.3 is 14.8 Å². The summed E-state index contributed by atoms with van der Waals surface area (Å²) in [4.78, 5) is 11.3. The van der Waals surface area contributed by atoms with Crippen LogP contribution in [-0.4, -0.2) is 47.2 Å². The molecule has 1 fully saturated rings. The lowest BCUT2D eigenvalue weighted by Crippen LogP contribution is -2.48. The summed E-state index contributed by atoms with van der Waals surface area (Å²) in [6.07, 6.45) is -2.69. The number of likely N-dealkylation sites (tertiary alicyclic amines) is 1. The number of aryl methyl sites for hydroxylation is 1. The Morgan fingerprint density at radius 3 is 2.49 bits per heavy atom. The molecular formula is C27H32F4N4O2. The molecule has 1 aliphatic heterocycles. The molecule has 0 aliphatic carbocycles. The zero-order valence-electron chi connectivity index (χ0n) is 21.8. The quantitative estimate of drug-likeness (QED) is 0.358. The lowest BCUT2D eigenvalue weighted by Gasteiger charge is -2.36. The molecule has 37 heavy (non-hydrogen) atoms. The van der Waals surface area contributed by atoms with Gasteiger partial charge in [0.25, 0.3) is 0 Å². The van der Waals surface area contributed by atoms with Crippen molar-refractivity contribution in [2.75, 3.05) is 26.0 Å². The van der Waals surface area contributed by atoms with Gasteiger partial charge in [-0.15, -0.1) is 0 Å². The number of alkyl halides is 3. The maximum absolute atomic E-state index is 14.8. The van der Waals surface area contributed by atoms with E-state index < -0.39 is 29.2 Å². The molecular weight excluding hydrogens is 488 g/mol. The highest BCUT2D eigenvalue weighted by Gasteiger charge is 2.38. The van der Waals surface area contributed by atoms with Gasteiger partial charge in [-0.2, -0.15) is 13.2 Å². The normalized spacial score (nSPS) is 17.7. The zero-order chi connectivity index (χ0) is 27.1. The molecule has 10 heteroatoms. The molecule has 1 aliphatic rings. The number of aromatic nitrogens is 2. The van der Waals surface area contributed by atoms with Crippen LogP contribution in [0.25, 0.3) is 10.9 Å². The van der Waals surface area contributed by atoms with E-state index in [1.54, 1.807) is 33.1 Å². The number of benzene rings is 2. The summed E-state index contributed by atoms with van der Waals surface area (Å²) < 4.78 is 66.7. The molecule has 2 atom stereocenters. The second-order valence-corrected chi connectivity index (χ2v) is 10.1. The van der Waals surface area contributed by atoms with Gasteiger partial charge >= 0.3 is 6.18 Å². The maximum atomic E-state index is 14.8. The highest BCUT2D eigenvalue weighted by atomic mass is 19.4. The molecule has 0 unspecified atom stereocenters. The molecule has 2 aromatic carbocycles. The first-order valence-corrected chi connectivity index (χ1v) is 12.2. The number of methoxy groups -OCH3 is 1. The van der Waals surface area contributed by atoms with Crippen LogP contribution in [0.1, 0.15) is 56.6 Å². The summed E-state index contributed by atoms with van der Waals surface area (Å²) in [5.74, 6) is 0.486. The minimum atomic E-state index is -4.79. The Morgan fingerprint density at radius 1 is 1.14 bits per heavy atom. The van der Waals surface area contributed by atoms with E-state index in [0.717, 1.165) is 25.5 Å². The Balaban J connectivity index is 1.73. The Kier molecular flexibility index (Phi) is 7.25. The first-order chi connectivity index (χ1) is 17.3. The molecule has 1 aromatic heterocycles. The van der Waals surface area contributed by atoms with Crippen molar-refractivity contribution in [2.45, 2.75) is 64.4 Å². The molecule has 0 bridgehead atoms. The number of rotatable bonds is 7.